The van der Waals surface area contributed by atoms with E-state index >= 15 is 0 Å². The number of hydrogen-bond acceptors (Lipinski definition) is 6. The van der Waals surface area contributed by atoms with E-state index in [0.717, 1.165) is 12.8 Å². The van der Waals surface area contributed by atoms with Gasteiger partial charge in [-0.05, 0) is 27.2 Å². The molecule has 0 amide bonds. The molecule has 1 rings (SSSR count). The summed E-state index contributed by atoms with van der Waals surface area (Å²) in [4.78, 5) is 12.4. The summed E-state index contributed by atoms with van der Waals surface area (Å²) in [5.41, 5.74) is 0. The minimum atomic E-state index is 0.0121. The van der Waals surface area contributed by atoms with E-state index in [9.17, 15) is 0 Å². The molecule has 0 aromatic carbocycles. The fourth-order valence-corrected chi connectivity index (χ4v) is 1.41. The van der Waals surface area contributed by atoms with Gasteiger partial charge >= 0.3 is 12.0 Å². The molecule has 0 aliphatic rings. The van der Waals surface area contributed by atoms with Crippen LogP contribution in [0, 0.1) is 0 Å². The zero-order valence-electron chi connectivity index (χ0n) is 11.7. The van der Waals surface area contributed by atoms with Crippen LogP contribution in [0.25, 0.3) is 0 Å². The van der Waals surface area contributed by atoms with Gasteiger partial charge in [-0.25, -0.2) is 0 Å². The maximum atomic E-state index is 5.64. The Morgan fingerprint density at radius 2 is 1.67 bits per heavy atom. The molecule has 18 heavy (non-hydrogen) atoms. The first-order chi connectivity index (χ1) is 8.55. The molecule has 1 unspecified atom stereocenters. The van der Waals surface area contributed by atoms with E-state index in [-0.39, 0.29) is 18.2 Å². The van der Waals surface area contributed by atoms with Crippen LogP contribution in [0.4, 0.5) is 5.95 Å². The van der Waals surface area contributed by atoms with Gasteiger partial charge in [-0.15, -0.1) is 4.98 Å². The van der Waals surface area contributed by atoms with Crippen LogP contribution in [0.1, 0.15) is 40.5 Å². The van der Waals surface area contributed by atoms with Gasteiger partial charge in [-0.2, -0.15) is 9.97 Å². The lowest BCUT2D eigenvalue weighted by Gasteiger charge is -2.14. The predicted molar refractivity (Wildman–Crippen MR) is 70.1 cm³/mol. The second kappa shape index (κ2) is 6.98. The molecular formula is C12H22N4O2. The average molecular weight is 254 g/mol. The van der Waals surface area contributed by atoms with Crippen LogP contribution in [0.5, 0.6) is 12.0 Å². The van der Waals surface area contributed by atoms with Crippen molar-refractivity contribution < 1.29 is 9.47 Å². The highest BCUT2D eigenvalue weighted by atomic mass is 16.5. The minimum Gasteiger partial charge on any atom is -0.461 e. The molecule has 1 N–H and O–H groups in total. The van der Waals surface area contributed by atoms with Crippen LogP contribution in [0.3, 0.4) is 0 Å². The van der Waals surface area contributed by atoms with Gasteiger partial charge in [0.2, 0.25) is 5.95 Å². The third-order valence-electron chi connectivity index (χ3n) is 2.16. The van der Waals surface area contributed by atoms with Gasteiger partial charge in [-0.3, -0.25) is 0 Å². The molecule has 1 atom stereocenters. The molecular weight excluding hydrogens is 232 g/mol. The van der Waals surface area contributed by atoms with Gasteiger partial charge < -0.3 is 14.8 Å². The molecule has 102 valence electrons. The summed E-state index contributed by atoms with van der Waals surface area (Å²) in [6, 6.07) is 0.578. The third kappa shape index (κ3) is 4.73. The summed E-state index contributed by atoms with van der Waals surface area (Å²) in [7, 11) is 1.74. The van der Waals surface area contributed by atoms with Crippen LogP contribution in [0.15, 0.2) is 0 Å². The topological polar surface area (TPSA) is 69.2 Å². The fourth-order valence-electron chi connectivity index (χ4n) is 1.41. The van der Waals surface area contributed by atoms with Crippen molar-refractivity contribution in [3.63, 3.8) is 0 Å². The molecule has 6 nitrogen and oxygen atoms in total. The first-order valence-corrected chi connectivity index (χ1v) is 6.32. The summed E-state index contributed by atoms with van der Waals surface area (Å²) < 4.78 is 11.1. The highest BCUT2D eigenvalue weighted by molar-refractivity contribution is 5.26. The van der Waals surface area contributed by atoms with Gasteiger partial charge in [-0.1, -0.05) is 13.3 Å². The first-order valence-electron chi connectivity index (χ1n) is 6.32. The minimum absolute atomic E-state index is 0.0121. The maximum absolute atomic E-state index is 5.64. The monoisotopic (exact) mass is 254 g/mol. The van der Waals surface area contributed by atoms with E-state index < -0.39 is 0 Å². The molecule has 6 heteroatoms. The molecule has 0 saturated heterocycles. The molecule has 1 aromatic heterocycles. The quantitative estimate of drug-likeness (QED) is 0.805. The Bertz CT molecular complexity index is 371. The van der Waals surface area contributed by atoms with E-state index in [4.69, 9.17) is 9.47 Å². The highest BCUT2D eigenvalue weighted by Crippen LogP contribution is 2.15. The third-order valence-corrected chi connectivity index (χ3v) is 2.16. The Balaban J connectivity index is 2.82. The lowest BCUT2D eigenvalue weighted by Crippen LogP contribution is -2.16. The van der Waals surface area contributed by atoms with Crippen LogP contribution in [0.2, 0.25) is 0 Å². The van der Waals surface area contributed by atoms with Crippen molar-refractivity contribution >= 4 is 5.95 Å². The Morgan fingerprint density at radius 1 is 1.06 bits per heavy atom. The maximum Gasteiger partial charge on any atom is 0.324 e. The Kier molecular flexibility index (Phi) is 5.61. The molecule has 0 fully saturated rings. The van der Waals surface area contributed by atoms with Crippen LogP contribution in [-0.2, 0) is 0 Å². The van der Waals surface area contributed by atoms with Gasteiger partial charge in [0, 0.05) is 7.05 Å². The number of nitrogens with one attached hydrogen (secondary N) is 1. The van der Waals surface area contributed by atoms with E-state index in [1.165, 1.54) is 0 Å². The summed E-state index contributed by atoms with van der Waals surface area (Å²) in [6.45, 7) is 7.95. The Hall–Kier alpha value is -1.59. The Labute approximate surface area is 108 Å². The SMILES string of the molecule is CCCC(C)Oc1nc(NC)nc(OC(C)C)n1. The molecule has 0 aliphatic heterocycles. The number of ether oxygens (including phenoxy) is 2. The second-order valence-electron chi connectivity index (χ2n) is 4.36. The molecule has 0 aliphatic carbocycles. The number of hydrogen-bond donors (Lipinski definition) is 1. The van der Waals surface area contributed by atoms with E-state index in [2.05, 4.69) is 27.2 Å². The van der Waals surface area contributed by atoms with Crippen molar-refractivity contribution in [1.29, 1.82) is 0 Å². The number of anilines is 1. The molecule has 0 bridgehead atoms. The van der Waals surface area contributed by atoms with Crippen molar-refractivity contribution in [3.8, 4) is 12.0 Å². The van der Waals surface area contributed by atoms with Gasteiger partial charge in [0.1, 0.15) is 0 Å². The summed E-state index contributed by atoms with van der Waals surface area (Å²) in [5.74, 6) is 0.444. The van der Waals surface area contributed by atoms with Crippen molar-refractivity contribution in [2.45, 2.75) is 52.7 Å². The average Bonchev–Trinajstić information content (AvgIpc) is 2.27. The van der Waals surface area contributed by atoms with Crippen molar-refractivity contribution in [1.82, 2.24) is 15.0 Å². The highest BCUT2D eigenvalue weighted by Gasteiger charge is 2.11. The largest absolute Gasteiger partial charge is 0.461 e. The second-order valence-corrected chi connectivity index (χ2v) is 4.36. The molecule has 0 saturated carbocycles. The van der Waals surface area contributed by atoms with E-state index in [0.29, 0.717) is 12.0 Å². The van der Waals surface area contributed by atoms with Gasteiger partial charge in [0.05, 0.1) is 12.2 Å². The van der Waals surface area contributed by atoms with Crippen molar-refractivity contribution in [2.24, 2.45) is 0 Å². The van der Waals surface area contributed by atoms with E-state index in [1.54, 1.807) is 7.05 Å². The number of rotatable bonds is 7. The predicted octanol–water partition coefficient (Wildman–Crippen LogP) is 2.27. The summed E-state index contributed by atoms with van der Waals surface area (Å²) in [5, 5.41) is 2.86. The molecule has 0 radical (unpaired) electrons. The van der Waals surface area contributed by atoms with E-state index in [1.807, 2.05) is 20.8 Å². The Morgan fingerprint density at radius 3 is 2.17 bits per heavy atom. The first kappa shape index (κ1) is 14.5. The lowest BCUT2D eigenvalue weighted by molar-refractivity contribution is 0.179. The van der Waals surface area contributed by atoms with Crippen LogP contribution >= 0.6 is 0 Å². The van der Waals surface area contributed by atoms with Crippen LogP contribution in [-0.4, -0.2) is 34.2 Å². The lowest BCUT2D eigenvalue weighted by atomic mass is 10.2. The zero-order valence-corrected chi connectivity index (χ0v) is 11.7. The van der Waals surface area contributed by atoms with Gasteiger partial charge in [0.25, 0.3) is 0 Å². The standard InChI is InChI=1S/C12H22N4O2/c1-6-7-9(4)18-12-15-10(13-5)14-11(16-12)17-8(2)3/h8-9H,6-7H2,1-5H3,(H,13,14,15,16). The van der Waals surface area contributed by atoms with Crippen molar-refractivity contribution in [3.05, 3.63) is 0 Å². The molecule has 1 aromatic rings. The number of aromatic nitrogens is 3. The number of nitrogens with zero attached hydrogens (tertiary/aromatic N) is 3. The molecule has 1 heterocycles. The van der Waals surface area contributed by atoms with Crippen LogP contribution < -0.4 is 14.8 Å². The zero-order chi connectivity index (χ0) is 13.5. The summed E-state index contributed by atoms with van der Waals surface area (Å²) in [6.07, 6.45) is 2.11. The normalized spacial score (nSPS) is 12.3. The summed E-state index contributed by atoms with van der Waals surface area (Å²) >= 11 is 0. The smallest absolute Gasteiger partial charge is 0.324 e. The molecule has 0 spiro atoms. The van der Waals surface area contributed by atoms with Crippen molar-refractivity contribution in [2.75, 3.05) is 12.4 Å². The van der Waals surface area contributed by atoms with Gasteiger partial charge in [0.15, 0.2) is 0 Å². The fraction of sp³-hybridized carbons (Fsp3) is 0.750.